The lowest BCUT2D eigenvalue weighted by Gasteiger charge is -2.35. The first-order valence-electron chi connectivity index (χ1n) is 11.7. The van der Waals surface area contributed by atoms with E-state index in [-0.39, 0.29) is 56.3 Å². The lowest BCUT2D eigenvalue weighted by Crippen LogP contribution is -2.53. The van der Waals surface area contributed by atoms with Gasteiger partial charge in [-0.05, 0) is 27.7 Å². The number of epoxide rings is 3. The van der Waals surface area contributed by atoms with Gasteiger partial charge in [-0.25, -0.2) is 9.59 Å². The number of hydrogen-bond donors (Lipinski definition) is 0. The molecule has 0 saturated carbocycles. The van der Waals surface area contributed by atoms with Crippen LogP contribution in [0.15, 0.2) is 0 Å². The Balaban J connectivity index is 1.33. The molecule has 6 amide bonds. The molecule has 0 N–H and O–H groups in total. The first-order valence-corrected chi connectivity index (χ1v) is 11.7. The van der Waals surface area contributed by atoms with Crippen molar-refractivity contribution >= 4 is 23.9 Å². The van der Waals surface area contributed by atoms with Gasteiger partial charge >= 0.3 is 12.1 Å². The molecule has 34 heavy (non-hydrogen) atoms. The number of nitrogens with zero attached hydrogens (tertiary/aromatic N) is 4. The molecule has 0 aliphatic carbocycles. The van der Waals surface area contributed by atoms with Crippen molar-refractivity contribution in [3.63, 3.8) is 0 Å². The largest absolute Gasteiger partial charge is 0.372 e. The number of carbonyl (C=O) groups is 4. The number of amides is 6. The highest BCUT2D eigenvalue weighted by Gasteiger charge is 2.55. The lowest BCUT2D eigenvalue weighted by molar-refractivity contribution is -0.132. The molecular weight excluding hydrogens is 448 g/mol. The highest BCUT2D eigenvalue weighted by Crippen LogP contribution is 2.33. The summed E-state index contributed by atoms with van der Waals surface area (Å²) in [5.74, 6) is -0.582. The summed E-state index contributed by atoms with van der Waals surface area (Å²) in [5.41, 5.74) is -2.14. The fourth-order valence-electron chi connectivity index (χ4n) is 4.50. The molecule has 5 saturated heterocycles. The van der Waals surface area contributed by atoms with Crippen LogP contribution in [0.2, 0.25) is 0 Å². The van der Waals surface area contributed by atoms with E-state index in [0.717, 1.165) is 0 Å². The minimum atomic E-state index is -1.07. The first-order chi connectivity index (χ1) is 16.0. The summed E-state index contributed by atoms with van der Waals surface area (Å²) in [6, 6.07) is -0.810. The maximum absolute atomic E-state index is 13.2. The molecule has 0 aromatic heterocycles. The van der Waals surface area contributed by atoms with Gasteiger partial charge in [0.1, 0.15) is 17.2 Å². The molecule has 5 fully saturated rings. The smallest absolute Gasteiger partial charge is 0.327 e. The van der Waals surface area contributed by atoms with E-state index in [1.54, 1.807) is 27.7 Å². The number of ether oxygens (including phenoxy) is 4. The molecule has 3 atom stereocenters. The maximum atomic E-state index is 13.2. The van der Waals surface area contributed by atoms with Gasteiger partial charge in [0, 0.05) is 0 Å². The Hall–Kier alpha value is -2.28. The third-order valence-electron chi connectivity index (χ3n) is 7.08. The molecule has 188 valence electrons. The highest BCUT2D eigenvalue weighted by atomic mass is 16.6. The molecular formula is C22H32N4O8. The van der Waals surface area contributed by atoms with Crippen LogP contribution in [-0.2, 0) is 28.5 Å². The third-order valence-corrected chi connectivity index (χ3v) is 7.08. The minimum Gasteiger partial charge on any atom is -0.372 e. The zero-order valence-corrected chi connectivity index (χ0v) is 20.0. The third kappa shape index (κ3) is 4.28. The van der Waals surface area contributed by atoms with E-state index in [9.17, 15) is 19.2 Å². The monoisotopic (exact) mass is 480 g/mol. The zero-order chi connectivity index (χ0) is 24.4. The predicted octanol–water partition coefficient (Wildman–Crippen LogP) is -0.346. The zero-order valence-electron chi connectivity index (χ0n) is 20.0. The van der Waals surface area contributed by atoms with E-state index in [1.165, 1.54) is 19.6 Å². The summed E-state index contributed by atoms with van der Waals surface area (Å²) >= 11 is 0. The molecule has 0 aromatic carbocycles. The second-order valence-corrected chi connectivity index (χ2v) is 10.6. The molecule has 5 rings (SSSR count). The normalized spacial score (nSPS) is 32.2. The van der Waals surface area contributed by atoms with E-state index in [4.69, 9.17) is 18.9 Å². The van der Waals surface area contributed by atoms with E-state index in [1.807, 2.05) is 0 Å². The summed E-state index contributed by atoms with van der Waals surface area (Å²) < 4.78 is 21.7. The molecule has 0 aromatic rings. The number of imide groups is 2. The van der Waals surface area contributed by atoms with Gasteiger partial charge in [-0.3, -0.25) is 19.4 Å². The SMILES string of the molecule is CC1(C)C(=O)N(CC2CO2)C(=O)N1CC(CN1C(=O)N(CC2CO2)C(=O)C1(C)C)OCC1CO1. The van der Waals surface area contributed by atoms with E-state index in [0.29, 0.717) is 26.4 Å². The summed E-state index contributed by atoms with van der Waals surface area (Å²) in [4.78, 5) is 57.8. The van der Waals surface area contributed by atoms with E-state index in [2.05, 4.69) is 0 Å². The second-order valence-electron chi connectivity index (χ2n) is 10.6. The molecule has 5 heterocycles. The van der Waals surface area contributed by atoms with Crippen molar-refractivity contribution in [2.75, 3.05) is 52.6 Å². The Morgan fingerprint density at radius 2 is 1.15 bits per heavy atom. The fraction of sp³-hybridized carbons (Fsp3) is 0.818. The van der Waals surface area contributed by atoms with Crippen molar-refractivity contribution in [1.82, 2.24) is 19.6 Å². The van der Waals surface area contributed by atoms with Gasteiger partial charge in [0.15, 0.2) is 0 Å². The molecule has 0 spiro atoms. The van der Waals surface area contributed by atoms with Crippen LogP contribution in [-0.4, -0.2) is 132 Å². The van der Waals surface area contributed by atoms with E-state index >= 15 is 0 Å². The van der Waals surface area contributed by atoms with E-state index < -0.39 is 29.2 Å². The molecule has 5 aliphatic heterocycles. The quantitative estimate of drug-likeness (QED) is 0.290. The van der Waals surface area contributed by atoms with Crippen LogP contribution < -0.4 is 0 Å². The van der Waals surface area contributed by atoms with Crippen molar-refractivity contribution in [1.29, 1.82) is 0 Å². The summed E-state index contributed by atoms with van der Waals surface area (Å²) in [6.45, 7) is 9.40. The molecule has 12 nitrogen and oxygen atoms in total. The number of carbonyl (C=O) groups excluding carboxylic acids is 4. The topological polar surface area (TPSA) is 128 Å². The number of hydrogen-bond acceptors (Lipinski definition) is 8. The van der Waals surface area contributed by atoms with Gasteiger partial charge in [-0.15, -0.1) is 0 Å². The Morgan fingerprint density at radius 1 is 0.765 bits per heavy atom. The summed E-state index contributed by atoms with van der Waals surface area (Å²) in [6.07, 6.45) is -0.871. The fourth-order valence-corrected chi connectivity index (χ4v) is 4.50. The average Bonchev–Trinajstić information content (AvgIpc) is 3.63. The van der Waals surface area contributed by atoms with Crippen LogP contribution in [0.4, 0.5) is 9.59 Å². The Bertz CT molecular complexity index is 831. The maximum Gasteiger partial charge on any atom is 0.327 e. The van der Waals surface area contributed by atoms with Crippen LogP contribution in [0, 0.1) is 0 Å². The Morgan fingerprint density at radius 3 is 1.50 bits per heavy atom. The first kappa shape index (κ1) is 23.5. The minimum absolute atomic E-state index is 0.0256. The molecule has 0 radical (unpaired) electrons. The van der Waals surface area contributed by atoms with Crippen LogP contribution in [0.5, 0.6) is 0 Å². The van der Waals surface area contributed by atoms with Crippen molar-refractivity contribution in [3.05, 3.63) is 0 Å². The van der Waals surface area contributed by atoms with Crippen molar-refractivity contribution in [3.8, 4) is 0 Å². The van der Waals surface area contributed by atoms with Gasteiger partial charge in [0.2, 0.25) is 0 Å². The Kier molecular flexibility index (Phi) is 5.62. The van der Waals surface area contributed by atoms with Gasteiger partial charge in [-0.2, -0.15) is 0 Å². The second kappa shape index (κ2) is 8.14. The van der Waals surface area contributed by atoms with Crippen molar-refractivity contribution < 1.29 is 38.1 Å². The highest BCUT2D eigenvalue weighted by molar-refractivity contribution is 6.07. The standard InChI is InChI=1S/C22H32N4O8/c1-21(2)17(27)23(5-14-9-32-14)19(29)25(21)7-13(31-11-16-12-34-16)8-26-20(30)24(6-15-10-33-15)18(28)22(26,3)4/h13-16H,5-12H2,1-4H3. The lowest BCUT2D eigenvalue weighted by atomic mass is 10.0. The van der Waals surface area contributed by atoms with Crippen LogP contribution in [0.3, 0.4) is 0 Å². The Labute approximate surface area is 198 Å². The summed E-state index contributed by atoms with van der Waals surface area (Å²) in [5, 5.41) is 0. The molecule has 0 bridgehead atoms. The molecule has 12 heteroatoms. The van der Waals surface area contributed by atoms with Gasteiger partial charge in [-0.1, -0.05) is 0 Å². The van der Waals surface area contributed by atoms with Crippen LogP contribution >= 0.6 is 0 Å². The van der Waals surface area contributed by atoms with Gasteiger partial charge < -0.3 is 28.7 Å². The van der Waals surface area contributed by atoms with Crippen LogP contribution in [0.1, 0.15) is 27.7 Å². The average molecular weight is 481 g/mol. The molecule has 3 unspecified atom stereocenters. The van der Waals surface area contributed by atoms with Crippen LogP contribution in [0.25, 0.3) is 0 Å². The molecule has 5 aliphatic rings. The number of rotatable bonds is 11. The van der Waals surface area contributed by atoms with Gasteiger partial charge in [0.05, 0.1) is 70.9 Å². The summed E-state index contributed by atoms with van der Waals surface area (Å²) in [7, 11) is 0. The van der Waals surface area contributed by atoms with Gasteiger partial charge in [0.25, 0.3) is 11.8 Å². The van der Waals surface area contributed by atoms with Crippen molar-refractivity contribution in [2.24, 2.45) is 0 Å². The number of urea groups is 2. The van der Waals surface area contributed by atoms with Crippen molar-refractivity contribution in [2.45, 2.75) is 63.2 Å². The predicted molar refractivity (Wildman–Crippen MR) is 115 cm³/mol.